The molecule has 0 unspecified atom stereocenters. The molecule has 0 aliphatic rings. The van der Waals surface area contributed by atoms with E-state index in [1.165, 1.54) is 18.2 Å². The molecule has 152 valence electrons. The first-order chi connectivity index (χ1) is 13.2. The molecule has 0 aromatic heterocycles. The third-order valence-corrected chi connectivity index (χ3v) is 4.24. The molecule has 1 aromatic rings. The number of Topliss-reactive ketones (excluding diaryl/α,β-unsaturated/α-hetero) is 2. The fourth-order valence-corrected chi connectivity index (χ4v) is 2.67. The molecule has 0 spiro atoms. The third-order valence-electron chi connectivity index (χ3n) is 3.69. The van der Waals surface area contributed by atoms with Gasteiger partial charge >= 0.3 is 11.9 Å². The summed E-state index contributed by atoms with van der Waals surface area (Å²) < 4.78 is 8.91. The van der Waals surface area contributed by atoms with Gasteiger partial charge in [0.15, 0.2) is 17.5 Å². The molecule has 0 saturated carbocycles. The van der Waals surface area contributed by atoms with Gasteiger partial charge in [0.2, 0.25) is 5.91 Å². The van der Waals surface area contributed by atoms with Crippen molar-refractivity contribution < 1.29 is 33.4 Å². The smallest absolute Gasteiger partial charge is 0.323 e. The van der Waals surface area contributed by atoms with E-state index in [-0.39, 0.29) is 30.7 Å². The zero-order valence-electron chi connectivity index (χ0n) is 15.3. The summed E-state index contributed by atoms with van der Waals surface area (Å²) in [6, 6.07) is 4.47. The number of amides is 1. The van der Waals surface area contributed by atoms with E-state index in [2.05, 4.69) is 14.8 Å². The van der Waals surface area contributed by atoms with E-state index >= 15 is 0 Å². The van der Waals surface area contributed by atoms with Crippen molar-refractivity contribution in [3.8, 4) is 0 Å². The lowest BCUT2D eigenvalue weighted by molar-refractivity contribution is -0.154. The molecule has 0 bridgehead atoms. The Bertz CT molecular complexity index is 779. The highest BCUT2D eigenvalue weighted by molar-refractivity contribution is 6.36. The minimum atomic E-state index is -1.69. The number of benzene rings is 1. The van der Waals surface area contributed by atoms with Crippen LogP contribution in [-0.4, -0.2) is 43.6 Å². The topological polar surface area (TPSA) is 116 Å². The highest BCUT2D eigenvalue weighted by Crippen LogP contribution is 2.25. The van der Waals surface area contributed by atoms with Gasteiger partial charge in [-0.2, -0.15) is 0 Å². The summed E-state index contributed by atoms with van der Waals surface area (Å²) in [5.41, 5.74) is 0.308. The Morgan fingerprint density at radius 1 is 0.929 bits per heavy atom. The quantitative estimate of drug-likeness (QED) is 0.446. The predicted molar refractivity (Wildman–Crippen MR) is 101 cm³/mol. The highest BCUT2D eigenvalue weighted by Gasteiger charge is 2.34. The van der Waals surface area contributed by atoms with Crippen molar-refractivity contribution in [2.24, 2.45) is 5.92 Å². The summed E-state index contributed by atoms with van der Waals surface area (Å²) in [5.74, 6) is -5.48. The third kappa shape index (κ3) is 7.28. The Kier molecular flexibility index (Phi) is 9.61. The van der Waals surface area contributed by atoms with Crippen LogP contribution in [0.5, 0.6) is 0 Å². The summed E-state index contributed by atoms with van der Waals surface area (Å²) >= 11 is 11.7. The van der Waals surface area contributed by atoms with E-state index in [0.717, 1.165) is 14.2 Å². The summed E-state index contributed by atoms with van der Waals surface area (Å²) in [4.78, 5) is 59.4. The predicted octanol–water partition coefficient (Wildman–Crippen LogP) is 2.59. The van der Waals surface area contributed by atoms with Gasteiger partial charge in [-0.05, 0) is 18.2 Å². The van der Waals surface area contributed by atoms with E-state index in [1.807, 2.05) is 0 Å². The zero-order valence-corrected chi connectivity index (χ0v) is 16.8. The number of nitrogens with one attached hydrogen (secondary N) is 1. The van der Waals surface area contributed by atoms with Crippen LogP contribution in [0.1, 0.15) is 25.7 Å². The second-order valence-corrected chi connectivity index (χ2v) is 6.48. The minimum absolute atomic E-state index is 0.220. The van der Waals surface area contributed by atoms with Crippen LogP contribution < -0.4 is 5.32 Å². The van der Waals surface area contributed by atoms with Crippen LogP contribution in [0.25, 0.3) is 0 Å². The Morgan fingerprint density at radius 2 is 1.54 bits per heavy atom. The van der Waals surface area contributed by atoms with Gasteiger partial charge in [0.1, 0.15) is 0 Å². The van der Waals surface area contributed by atoms with Crippen LogP contribution in [0, 0.1) is 5.92 Å². The molecule has 1 atom stereocenters. The van der Waals surface area contributed by atoms with Gasteiger partial charge in [-0.15, -0.1) is 0 Å². The summed E-state index contributed by atoms with van der Waals surface area (Å²) in [6.45, 7) is 0. The van der Waals surface area contributed by atoms with Crippen molar-refractivity contribution in [3.63, 3.8) is 0 Å². The molecule has 0 aliphatic carbocycles. The molecular formula is C18H19Cl2NO7. The lowest BCUT2D eigenvalue weighted by atomic mass is 9.93. The van der Waals surface area contributed by atoms with Gasteiger partial charge in [0.05, 0.1) is 31.4 Å². The van der Waals surface area contributed by atoms with Crippen LogP contribution >= 0.6 is 23.2 Å². The summed E-state index contributed by atoms with van der Waals surface area (Å²) in [7, 11) is 2.19. The minimum Gasteiger partial charge on any atom is -0.469 e. The number of carbonyl (C=O) groups excluding carboxylic acids is 5. The van der Waals surface area contributed by atoms with Crippen molar-refractivity contribution in [2.75, 3.05) is 19.5 Å². The molecule has 1 aromatic carbocycles. The number of carbonyl (C=O) groups is 5. The van der Waals surface area contributed by atoms with Gasteiger partial charge in [-0.3, -0.25) is 24.0 Å². The monoisotopic (exact) mass is 431 g/mol. The van der Waals surface area contributed by atoms with Crippen molar-refractivity contribution in [2.45, 2.75) is 25.7 Å². The van der Waals surface area contributed by atoms with Crippen LogP contribution in [0.3, 0.4) is 0 Å². The molecule has 0 saturated heterocycles. The van der Waals surface area contributed by atoms with Crippen LogP contribution in [0.4, 0.5) is 5.69 Å². The number of ether oxygens (including phenoxy) is 2. The largest absolute Gasteiger partial charge is 0.469 e. The number of rotatable bonds is 10. The molecular weight excluding hydrogens is 413 g/mol. The summed E-state index contributed by atoms with van der Waals surface area (Å²) in [6.07, 6.45) is -1.28. The lowest BCUT2D eigenvalue weighted by Crippen LogP contribution is -2.33. The van der Waals surface area contributed by atoms with E-state index in [9.17, 15) is 24.0 Å². The lowest BCUT2D eigenvalue weighted by Gasteiger charge is -2.13. The molecule has 1 amide bonds. The van der Waals surface area contributed by atoms with Crippen molar-refractivity contribution in [1.82, 2.24) is 0 Å². The van der Waals surface area contributed by atoms with Gasteiger partial charge in [0.25, 0.3) is 0 Å². The normalized spacial score (nSPS) is 11.3. The van der Waals surface area contributed by atoms with E-state index < -0.39 is 35.3 Å². The number of hydrogen-bond acceptors (Lipinski definition) is 7. The number of ketones is 2. The fourth-order valence-electron chi connectivity index (χ4n) is 2.22. The Balaban J connectivity index is 2.69. The fraction of sp³-hybridized carbons (Fsp3) is 0.389. The first-order valence-electron chi connectivity index (χ1n) is 8.14. The molecule has 0 radical (unpaired) electrons. The number of halogens is 2. The Morgan fingerprint density at radius 3 is 2.07 bits per heavy atom. The zero-order chi connectivity index (χ0) is 21.3. The molecule has 0 fully saturated rings. The maximum absolute atomic E-state index is 12.3. The maximum atomic E-state index is 12.3. The SMILES string of the molecule is COC(=O)CCC(=O)[C@@H](C(=O)CCC(=O)Nc1ccc(Cl)cc1Cl)C(=O)OC. The highest BCUT2D eigenvalue weighted by atomic mass is 35.5. The Labute approximate surface area is 171 Å². The number of hydrogen-bond donors (Lipinski definition) is 1. The standard InChI is InChI=1S/C18H19Cl2NO7/c1-27-16(25)8-6-14(23)17(18(26)28-2)13(22)5-7-15(24)21-12-4-3-10(19)9-11(12)20/h3-4,9,17H,5-8H2,1-2H3,(H,21,24)/t17-/m1/s1. The second kappa shape index (κ2) is 11.4. The van der Waals surface area contributed by atoms with E-state index in [1.54, 1.807) is 0 Å². The molecule has 1 rings (SSSR count). The van der Waals surface area contributed by atoms with Crippen molar-refractivity contribution in [1.29, 1.82) is 0 Å². The summed E-state index contributed by atoms with van der Waals surface area (Å²) in [5, 5.41) is 3.12. The van der Waals surface area contributed by atoms with Gasteiger partial charge in [0, 0.05) is 24.3 Å². The maximum Gasteiger partial charge on any atom is 0.323 e. The Hall–Kier alpha value is -2.45. The average Bonchev–Trinajstić information content (AvgIpc) is 2.66. The molecule has 0 aliphatic heterocycles. The number of esters is 2. The van der Waals surface area contributed by atoms with Gasteiger partial charge in [-0.1, -0.05) is 23.2 Å². The molecule has 0 heterocycles. The molecule has 8 nitrogen and oxygen atoms in total. The van der Waals surface area contributed by atoms with Gasteiger partial charge in [-0.25, -0.2) is 0 Å². The van der Waals surface area contributed by atoms with Crippen LogP contribution in [0.15, 0.2) is 18.2 Å². The first-order valence-corrected chi connectivity index (χ1v) is 8.90. The number of anilines is 1. The van der Waals surface area contributed by atoms with Crippen molar-refractivity contribution in [3.05, 3.63) is 28.2 Å². The van der Waals surface area contributed by atoms with E-state index in [0.29, 0.717) is 10.7 Å². The van der Waals surface area contributed by atoms with Crippen LogP contribution in [-0.2, 0) is 33.4 Å². The average molecular weight is 432 g/mol. The first kappa shape index (κ1) is 23.6. The van der Waals surface area contributed by atoms with Gasteiger partial charge < -0.3 is 14.8 Å². The molecule has 1 N–H and O–H groups in total. The molecule has 10 heteroatoms. The second-order valence-electron chi connectivity index (χ2n) is 5.64. The number of methoxy groups -OCH3 is 2. The van der Waals surface area contributed by atoms with Crippen LogP contribution in [0.2, 0.25) is 10.0 Å². The van der Waals surface area contributed by atoms with Crippen molar-refractivity contribution >= 4 is 58.3 Å². The molecule has 28 heavy (non-hydrogen) atoms. The van der Waals surface area contributed by atoms with E-state index in [4.69, 9.17) is 23.2 Å².